The highest BCUT2D eigenvalue weighted by Crippen LogP contribution is 2.20. The minimum Gasteiger partial charge on any atom is -0.394 e. The van der Waals surface area contributed by atoms with Crippen LogP contribution in [-0.2, 0) is 17.8 Å². The van der Waals surface area contributed by atoms with Gasteiger partial charge in [0.2, 0.25) is 5.91 Å². The summed E-state index contributed by atoms with van der Waals surface area (Å²) in [6, 6.07) is 16.0. The number of rotatable bonds is 4. The molecule has 0 aliphatic carbocycles. The lowest BCUT2D eigenvalue weighted by molar-refractivity contribution is -0.135. The Morgan fingerprint density at radius 1 is 1.07 bits per heavy atom. The van der Waals surface area contributed by atoms with Crippen LogP contribution in [0.4, 0.5) is 0 Å². The molecule has 4 rings (SSSR count). The normalized spacial score (nSPS) is 14.4. The fourth-order valence-corrected chi connectivity index (χ4v) is 3.62. The van der Waals surface area contributed by atoms with E-state index in [1.54, 1.807) is 17.2 Å². The minimum atomic E-state index is -0.982. The van der Waals surface area contributed by atoms with Gasteiger partial charge in [0.05, 0.1) is 17.7 Å². The van der Waals surface area contributed by atoms with E-state index >= 15 is 0 Å². The number of nitrogens with one attached hydrogen (secondary N) is 1. The van der Waals surface area contributed by atoms with E-state index in [-0.39, 0.29) is 5.91 Å². The number of amides is 2. The summed E-state index contributed by atoms with van der Waals surface area (Å²) in [5.41, 5.74) is 3.47. The third-order valence-electron chi connectivity index (χ3n) is 5.12. The van der Waals surface area contributed by atoms with Crippen LogP contribution in [0.25, 0.3) is 10.9 Å². The summed E-state index contributed by atoms with van der Waals surface area (Å²) >= 11 is 0. The molecule has 1 atom stereocenters. The number of fused-ring (bicyclic) bond motifs is 2. The van der Waals surface area contributed by atoms with Gasteiger partial charge in [-0.05, 0) is 29.7 Å². The predicted octanol–water partition coefficient (Wildman–Crippen LogP) is 1.91. The van der Waals surface area contributed by atoms with Gasteiger partial charge in [0.1, 0.15) is 6.04 Å². The molecule has 142 valence electrons. The highest BCUT2D eigenvalue weighted by atomic mass is 16.3. The van der Waals surface area contributed by atoms with Crippen LogP contribution in [-0.4, -0.2) is 46.0 Å². The van der Waals surface area contributed by atoms with Crippen LogP contribution in [0.2, 0.25) is 0 Å². The maximum Gasteiger partial charge on any atom is 0.252 e. The van der Waals surface area contributed by atoms with E-state index in [1.807, 2.05) is 42.5 Å². The first kappa shape index (κ1) is 18.1. The average Bonchev–Trinajstić information content (AvgIpc) is 2.76. The van der Waals surface area contributed by atoms with Crippen LogP contribution >= 0.6 is 0 Å². The molecule has 28 heavy (non-hydrogen) atoms. The summed E-state index contributed by atoms with van der Waals surface area (Å²) < 4.78 is 0. The molecule has 0 saturated heterocycles. The smallest absolute Gasteiger partial charge is 0.252 e. The first-order chi connectivity index (χ1) is 13.7. The number of carbonyl (C=O) groups is 2. The summed E-state index contributed by atoms with van der Waals surface area (Å²) in [5.74, 6) is -0.674. The number of nitrogens with zero attached hydrogens (tertiary/aromatic N) is 2. The lowest BCUT2D eigenvalue weighted by Gasteiger charge is -2.31. The van der Waals surface area contributed by atoms with E-state index in [2.05, 4.69) is 16.4 Å². The Morgan fingerprint density at radius 2 is 1.82 bits per heavy atom. The fraction of sp³-hybridized carbons (Fsp3) is 0.227. The Hall–Kier alpha value is -3.25. The maximum absolute atomic E-state index is 12.9. The lowest BCUT2D eigenvalue weighted by atomic mass is 9.99. The van der Waals surface area contributed by atoms with E-state index in [4.69, 9.17) is 0 Å². The number of aliphatic hydroxyl groups is 1. The first-order valence-electron chi connectivity index (χ1n) is 9.28. The summed E-state index contributed by atoms with van der Waals surface area (Å²) in [7, 11) is 0. The molecule has 2 amide bonds. The highest BCUT2D eigenvalue weighted by molar-refractivity contribution is 6.07. The van der Waals surface area contributed by atoms with Crippen molar-refractivity contribution in [1.29, 1.82) is 0 Å². The molecule has 1 aromatic heterocycles. The molecule has 2 aromatic carbocycles. The molecule has 0 unspecified atom stereocenters. The highest BCUT2D eigenvalue weighted by Gasteiger charge is 2.28. The van der Waals surface area contributed by atoms with Crippen LogP contribution < -0.4 is 5.32 Å². The Balaban J connectivity index is 1.51. The second kappa shape index (κ2) is 7.78. The van der Waals surface area contributed by atoms with Crippen LogP contribution in [0.3, 0.4) is 0 Å². The Morgan fingerprint density at radius 3 is 2.64 bits per heavy atom. The van der Waals surface area contributed by atoms with Crippen molar-refractivity contribution in [3.8, 4) is 0 Å². The van der Waals surface area contributed by atoms with Crippen molar-refractivity contribution in [3.05, 3.63) is 77.5 Å². The number of aromatic nitrogens is 1. The quantitative estimate of drug-likeness (QED) is 0.730. The van der Waals surface area contributed by atoms with E-state index in [0.29, 0.717) is 29.6 Å². The predicted molar refractivity (Wildman–Crippen MR) is 106 cm³/mol. The molecular formula is C22H21N3O3. The molecule has 2 heterocycles. The van der Waals surface area contributed by atoms with Gasteiger partial charge in [-0.25, -0.2) is 0 Å². The topological polar surface area (TPSA) is 82.5 Å². The largest absolute Gasteiger partial charge is 0.394 e. The second-order valence-electron chi connectivity index (χ2n) is 6.86. The molecule has 6 heteroatoms. The Kier molecular flexibility index (Phi) is 5.04. The van der Waals surface area contributed by atoms with Crippen molar-refractivity contribution in [2.75, 3.05) is 13.2 Å². The third kappa shape index (κ3) is 3.46. The number of benzene rings is 2. The van der Waals surface area contributed by atoms with Crippen LogP contribution in [0.5, 0.6) is 0 Å². The van der Waals surface area contributed by atoms with Gasteiger partial charge in [0.15, 0.2) is 0 Å². The first-order valence-corrected chi connectivity index (χ1v) is 9.28. The summed E-state index contributed by atoms with van der Waals surface area (Å²) in [4.78, 5) is 31.6. The third-order valence-corrected chi connectivity index (χ3v) is 5.12. The lowest BCUT2D eigenvalue weighted by Crippen LogP contribution is -2.51. The minimum absolute atomic E-state index is 0.274. The van der Waals surface area contributed by atoms with Crippen LogP contribution in [0.1, 0.15) is 21.5 Å². The van der Waals surface area contributed by atoms with E-state index < -0.39 is 18.6 Å². The van der Waals surface area contributed by atoms with Gasteiger partial charge in [-0.3, -0.25) is 14.6 Å². The van der Waals surface area contributed by atoms with Gasteiger partial charge >= 0.3 is 0 Å². The van der Waals surface area contributed by atoms with Gasteiger partial charge < -0.3 is 15.3 Å². The molecule has 0 fully saturated rings. The molecule has 1 aliphatic rings. The van der Waals surface area contributed by atoms with Crippen molar-refractivity contribution >= 4 is 22.7 Å². The number of carbonyl (C=O) groups excluding carboxylic acids is 2. The number of hydrogen-bond acceptors (Lipinski definition) is 4. The number of pyridine rings is 1. The zero-order valence-electron chi connectivity index (χ0n) is 15.3. The average molecular weight is 375 g/mol. The monoisotopic (exact) mass is 375 g/mol. The van der Waals surface area contributed by atoms with Crippen LogP contribution in [0.15, 0.2) is 60.8 Å². The van der Waals surface area contributed by atoms with Gasteiger partial charge in [0, 0.05) is 24.7 Å². The van der Waals surface area contributed by atoms with Gasteiger partial charge in [-0.2, -0.15) is 0 Å². The molecule has 0 bridgehead atoms. The molecule has 1 aliphatic heterocycles. The SMILES string of the molecule is O=C(N[C@@H](CO)C(=O)N1CCc2ccccc2C1)c1ccnc2ccccc12. The molecule has 3 aromatic rings. The number of hydrogen-bond donors (Lipinski definition) is 2. The van der Waals surface area contributed by atoms with E-state index in [1.165, 1.54) is 5.56 Å². The van der Waals surface area contributed by atoms with Gasteiger partial charge in [0.25, 0.3) is 5.91 Å². The van der Waals surface area contributed by atoms with E-state index in [9.17, 15) is 14.7 Å². The number of para-hydroxylation sites is 1. The van der Waals surface area contributed by atoms with Crippen molar-refractivity contribution in [2.24, 2.45) is 0 Å². The fourth-order valence-electron chi connectivity index (χ4n) is 3.62. The Labute approximate surface area is 162 Å². The van der Waals surface area contributed by atoms with Gasteiger partial charge in [-0.15, -0.1) is 0 Å². The molecule has 0 radical (unpaired) electrons. The molecular weight excluding hydrogens is 354 g/mol. The number of aliphatic hydroxyl groups excluding tert-OH is 1. The summed E-state index contributed by atoms with van der Waals surface area (Å²) in [6.45, 7) is 0.603. The van der Waals surface area contributed by atoms with Crippen molar-refractivity contribution in [2.45, 2.75) is 19.0 Å². The molecule has 2 N–H and O–H groups in total. The van der Waals surface area contributed by atoms with Gasteiger partial charge in [-0.1, -0.05) is 42.5 Å². The molecule has 6 nitrogen and oxygen atoms in total. The molecule has 0 saturated carbocycles. The Bertz CT molecular complexity index is 1030. The van der Waals surface area contributed by atoms with E-state index in [0.717, 1.165) is 12.0 Å². The second-order valence-corrected chi connectivity index (χ2v) is 6.86. The maximum atomic E-state index is 12.9. The zero-order valence-corrected chi connectivity index (χ0v) is 15.3. The van der Waals surface area contributed by atoms with Crippen molar-refractivity contribution < 1.29 is 14.7 Å². The van der Waals surface area contributed by atoms with Crippen LogP contribution in [0, 0.1) is 0 Å². The van der Waals surface area contributed by atoms with Crippen molar-refractivity contribution in [1.82, 2.24) is 15.2 Å². The standard InChI is InChI=1S/C22H21N3O3/c26-14-20(22(28)25-12-10-15-5-1-2-6-16(15)13-25)24-21(27)18-9-11-23-19-8-4-3-7-17(18)19/h1-9,11,20,26H,10,12-14H2,(H,24,27)/t20-/m0/s1. The zero-order chi connectivity index (χ0) is 19.5. The molecule has 0 spiro atoms. The summed E-state index contributed by atoms with van der Waals surface area (Å²) in [5, 5.41) is 13.2. The summed E-state index contributed by atoms with van der Waals surface area (Å²) in [6.07, 6.45) is 2.33. The van der Waals surface area contributed by atoms with Crippen molar-refractivity contribution in [3.63, 3.8) is 0 Å².